The summed E-state index contributed by atoms with van der Waals surface area (Å²) in [5.41, 5.74) is 0.870. The van der Waals surface area contributed by atoms with Gasteiger partial charge < -0.3 is 9.73 Å². The minimum atomic E-state index is -2.91. The number of hydrogen-bond donors (Lipinski definition) is 1. The molecule has 1 fully saturated rings. The molecule has 21 heavy (non-hydrogen) atoms. The minimum Gasteiger partial charge on any atom is -0.419 e. The number of benzene rings is 1. The Morgan fingerprint density at radius 2 is 2.05 bits per heavy atom. The minimum absolute atomic E-state index is 0.283. The molecule has 0 saturated carbocycles. The highest BCUT2D eigenvalue weighted by molar-refractivity contribution is 7.92. The van der Waals surface area contributed by atoms with Crippen LogP contribution in [0, 0.1) is 0 Å². The molecule has 0 amide bonds. The van der Waals surface area contributed by atoms with Crippen molar-refractivity contribution in [2.24, 2.45) is 0 Å². The van der Waals surface area contributed by atoms with E-state index in [1.54, 1.807) is 0 Å². The first-order valence-corrected chi connectivity index (χ1v) is 8.67. The molecule has 2 heterocycles. The zero-order chi connectivity index (χ0) is 14.7. The molecule has 0 radical (unpaired) electrons. The van der Waals surface area contributed by atoms with Crippen LogP contribution < -0.4 is 5.32 Å². The molecule has 1 saturated heterocycles. The average Bonchev–Trinajstić information content (AvgIpc) is 3.07. The smallest absolute Gasteiger partial charge is 0.247 e. The second-order valence-corrected chi connectivity index (χ2v) is 7.53. The fraction of sp³-hybridized carbons (Fsp3) is 0.429. The molecule has 1 N–H and O–H groups in total. The van der Waals surface area contributed by atoms with Crippen LogP contribution in [-0.4, -0.2) is 36.2 Å². The second kappa shape index (κ2) is 5.95. The number of aromatic nitrogens is 2. The van der Waals surface area contributed by atoms with Crippen LogP contribution in [-0.2, 0) is 16.4 Å². The van der Waals surface area contributed by atoms with Crippen molar-refractivity contribution in [2.45, 2.75) is 24.6 Å². The Morgan fingerprint density at radius 1 is 1.24 bits per heavy atom. The van der Waals surface area contributed by atoms with Gasteiger partial charge in [0.1, 0.15) is 0 Å². The van der Waals surface area contributed by atoms with E-state index >= 15 is 0 Å². The van der Waals surface area contributed by atoms with Gasteiger partial charge in [-0.2, -0.15) is 0 Å². The Balaban J connectivity index is 1.56. The number of rotatable bonds is 5. The molecule has 1 aromatic heterocycles. The molecule has 0 aliphatic carbocycles. The standard InChI is InChI=1S/C14H17N3O3S/c18-21(19)8-4-7-12(21)9-15-10-13-16-17-14(20-13)11-5-2-1-3-6-11/h1-3,5-6,12,15H,4,7-10H2. The Hall–Kier alpha value is -1.73. The number of sulfone groups is 1. The van der Waals surface area contributed by atoms with Gasteiger partial charge in [0, 0.05) is 12.1 Å². The van der Waals surface area contributed by atoms with Gasteiger partial charge in [0.25, 0.3) is 0 Å². The lowest BCUT2D eigenvalue weighted by molar-refractivity contribution is 0.473. The third-order valence-corrected chi connectivity index (χ3v) is 5.87. The number of nitrogens with one attached hydrogen (secondary N) is 1. The van der Waals surface area contributed by atoms with Gasteiger partial charge in [-0.25, -0.2) is 8.42 Å². The van der Waals surface area contributed by atoms with Crippen molar-refractivity contribution < 1.29 is 12.8 Å². The van der Waals surface area contributed by atoms with Crippen molar-refractivity contribution in [3.63, 3.8) is 0 Å². The Labute approximate surface area is 123 Å². The monoisotopic (exact) mass is 307 g/mol. The maximum Gasteiger partial charge on any atom is 0.247 e. The van der Waals surface area contributed by atoms with E-state index in [4.69, 9.17) is 4.42 Å². The van der Waals surface area contributed by atoms with E-state index < -0.39 is 9.84 Å². The van der Waals surface area contributed by atoms with Crippen molar-refractivity contribution in [3.8, 4) is 11.5 Å². The van der Waals surface area contributed by atoms with Crippen molar-refractivity contribution in [3.05, 3.63) is 36.2 Å². The molecule has 1 aliphatic rings. The summed E-state index contributed by atoms with van der Waals surface area (Å²) in [5.74, 6) is 1.24. The molecule has 1 unspecified atom stereocenters. The summed E-state index contributed by atoms with van der Waals surface area (Å²) in [5, 5.41) is 10.8. The second-order valence-electron chi connectivity index (χ2n) is 5.13. The third kappa shape index (κ3) is 3.30. The van der Waals surface area contributed by atoms with Crippen molar-refractivity contribution in [2.75, 3.05) is 12.3 Å². The zero-order valence-electron chi connectivity index (χ0n) is 11.5. The van der Waals surface area contributed by atoms with Crippen molar-refractivity contribution in [1.29, 1.82) is 0 Å². The van der Waals surface area contributed by atoms with E-state index in [9.17, 15) is 8.42 Å². The predicted octanol–water partition coefficient (Wildman–Crippen LogP) is 1.40. The van der Waals surface area contributed by atoms with E-state index in [-0.39, 0.29) is 5.25 Å². The zero-order valence-corrected chi connectivity index (χ0v) is 12.3. The topological polar surface area (TPSA) is 85.1 Å². The molecule has 0 bridgehead atoms. The summed E-state index contributed by atoms with van der Waals surface area (Å²) < 4.78 is 29.0. The van der Waals surface area contributed by atoms with Gasteiger partial charge >= 0.3 is 0 Å². The van der Waals surface area contributed by atoms with Crippen LogP contribution in [0.3, 0.4) is 0 Å². The first-order chi connectivity index (χ1) is 10.1. The molecule has 3 rings (SSSR count). The van der Waals surface area contributed by atoms with Crippen LogP contribution in [0.25, 0.3) is 11.5 Å². The SMILES string of the molecule is O=S1(=O)CCCC1CNCc1nnc(-c2ccccc2)o1. The van der Waals surface area contributed by atoms with Gasteiger partial charge in [0.2, 0.25) is 11.8 Å². The molecular formula is C14H17N3O3S. The van der Waals surface area contributed by atoms with E-state index in [1.807, 2.05) is 30.3 Å². The maximum absolute atomic E-state index is 11.7. The molecule has 7 heteroatoms. The maximum atomic E-state index is 11.7. The first-order valence-electron chi connectivity index (χ1n) is 6.95. The fourth-order valence-corrected chi connectivity index (χ4v) is 4.25. The summed E-state index contributed by atoms with van der Waals surface area (Å²) in [6.45, 7) is 0.817. The summed E-state index contributed by atoms with van der Waals surface area (Å²) >= 11 is 0. The van der Waals surface area contributed by atoms with Gasteiger partial charge in [-0.15, -0.1) is 10.2 Å². The summed E-state index contributed by atoms with van der Waals surface area (Å²) in [6, 6.07) is 9.53. The number of hydrogen-bond acceptors (Lipinski definition) is 6. The highest BCUT2D eigenvalue weighted by atomic mass is 32.2. The third-order valence-electron chi connectivity index (χ3n) is 3.60. The van der Waals surface area contributed by atoms with Crippen LogP contribution >= 0.6 is 0 Å². The van der Waals surface area contributed by atoms with Gasteiger partial charge in [0.15, 0.2) is 9.84 Å². The Bertz CT molecular complexity index is 697. The summed E-state index contributed by atoms with van der Waals surface area (Å²) in [6.07, 6.45) is 1.49. The average molecular weight is 307 g/mol. The van der Waals surface area contributed by atoms with Gasteiger partial charge in [-0.3, -0.25) is 0 Å². The predicted molar refractivity (Wildman–Crippen MR) is 78.2 cm³/mol. The Morgan fingerprint density at radius 3 is 2.76 bits per heavy atom. The summed E-state index contributed by atoms with van der Waals surface area (Å²) in [7, 11) is -2.91. The molecule has 1 atom stereocenters. The van der Waals surface area contributed by atoms with Crippen LogP contribution in [0.5, 0.6) is 0 Å². The summed E-state index contributed by atoms with van der Waals surface area (Å²) in [4.78, 5) is 0. The van der Waals surface area contributed by atoms with E-state index in [0.717, 1.165) is 18.4 Å². The van der Waals surface area contributed by atoms with Gasteiger partial charge in [-0.1, -0.05) is 18.2 Å². The lowest BCUT2D eigenvalue weighted by atomic mass is 10.2. The lowest BCUT2D eigenvalue weighted by Gasteiger charge is -2.08. The number of nitrogens with zero attached hydrogens (tertiary/aromatic N) is 2. The molecule has 112 valence electrons. The van der Waals surface area contributed by atoms with Crippen LogP contribution in [0.2, 0.25) is 0 Å². The molecular weight excluding hydrogens is 290 g/mol. The molecule has 1 aromatic carbocycles. The molecule has 1 aliphatic heterocycles. The Kier molecular flexibility index (Phi) is 4.03. The first kappa shape index (κ1) is 14.2. The highest BCUT2D eigenvalue weighted by Crippen LogP contribution is 2.19. The lowest BCUT2D eigenvalue weighted by Crippen LogP contribution is -2.30. The molecule has 2 aromatic rings. The van der Waals surface area contributed by atoms with E-state index in [0.29, 0.717) is 30.6 Å². The molecule has 0 spiro atoms. The highest BCUT2D eigenvalue weighted by Gasteiger charge is 2.30. The van der Waals surface area contributed by atoms with Crippen molar-refractivity contribution >= 4 is 9.84 Å². The van der Waals surface area contributed by atoms with Crippen LogP contribution in [0.4, 0.5) is 0 Å². The van der Waals surface area contributed by atoms with Crippen molar-refractivity contribution in [1.82, 2.24) is 15.5 Å². The molecule has 6 nitrogen and oxygen atoms in total. The van der Waals surface area contributed by atoms with Gasteiger partial charge in [0.05, 0.1) is 17.5 Å². The van der Waals surface area contributed by atoms with E-state index in [2.05, 4.69) is 15.5 Å². The normalized spacial score (nSPS) is 20.7. The van der Waals surface area contributed by atoms with Crippen LogP contribution in [0.1, 0.15) is 18.7 Å². The fourth-order valence-electron chi connectivity index (χ4n) is 2.45. The quantitative estimate of drug-likeness (QED) is 0.899. The van der Waals surface area contributed by atoms with Crippen LogP contribution in [0.15, 0.2) is 34.7 Å². The largest absolute Gasteiger partial charge is 0.419 e. The van der Waals surface area contributed by atoms with E-state index in [1.165, 1.54) is 0 Å². The van der Waals surface area contributed by atoms with Gasteiger partial charge in [-0.05, 0) is 25.0 Å².